The highest BCUT2D eigenvalue weighted by molar-refractivity contribution is 7.89. The molecule has 0 aliphatic carbocycles. The van der Waals surface area contributed by atoms with Crippen LogP contribution in [-0.4, -0.2) is 27.4 Å². The molecule has 0 unspecified atom stereocenters. The molecule has 0 bridgehead atoms. The minimum atomic E-state index is -3.69. The number of nitrogens with two attached hydrogens (primary N) is 1. The van der Waals surface area contributed by atoms with E-state index in [4.69, 9.17) is 5.14 Å². The van der Waals surface area contributed by atoms with Gasteiger partial charge in [0.2, 0.25) is 15.9 Å². The van der Waals surface area contributed by atoms with Crippen molar-refractivity contribution in [1.29, 1.82) is 0 Å². The van der Waals surface area contributed by atoms with Gasteiger partial charge in [0.1, 0.15) is 0 Å². The van der Waals surface area contributed by atoms with E-state index >= 15 is 0 Å². The van der Waals surface area contributed by atoms with E-state index in [-0.39, 0.29) is 23.4 Å². The van der Waals surface area contributed by atoms with Gasteiger partial charge < -0.3 is 5.32 Å². The molecule has 1 amide bonds. The molecule has 0 saturated heterocycles. The number of hydrogen-bond acceptors (Lipinski definition) is 4. The maximum absolute atomic E-state index is 12.3. The van der Waals surface area contributed by atoms with Gasteiger partial charge in [0.15, 0.2) is 0 Å². The third kappa shape index (κ3) is 6.25. The van der Waals surface area contributed by atoms with Gasteiger partial charge in [0.25, 0.3) is 0 Å². The maximum atomic E-state index is 12.3. The minimum Gasteiger partial charge on any atom is -0.355 e. The molecule has 0 atom stereocenters. The molecule has 3 aromatic rings. The topological polar surface area (TPSA) is 101 Å². The summed E-state index contributed by atoms with van der Waals surface area (Å²) in [5.41, 5.74) is 3.10. The van der Waals surface area contributed by atoms with Gasteiger partial charge in [-0.2, -0.15) is 0 Å². The van der Waals surface area contributed by atoms with Crippen LogP contribution in [0.5, 0.6) is 0 Å². The Morgan fingerprint density at radius 3 is 1.87 bits per heavy atom. The highest BCUT2D eigenvalue weighted by atomic mass is 32.2. The monoisotopic (exact) mass is 423 g/mol. The highest BCUT2D eigenvalue weighted by Gasteiger charge is 2.14. The Hall–Kier alpha value is -3.00. The van der Waals surface area contributed by atoms with Crippen molar-refractivity contribution < 1.29 is 13.2 Å². The van der Waals surface area contributed by atoms with Crippen LogP contribution in [0.15, 0.2) is 89.8 Å². The Balaban J connectivity index is 1.52. The molecule has 0 saturated carbocycles. The molecule has 0 aliphatic heterocycles. The van der Waals surface area contributed by atoms with Gasteiger partial charge in [-0.05, 0) is 35.2 Å². The normalized spacial score (nSPS) is 11.4. The Morgan fingerprint density at radius 2 is 1.37 bits per heavy atom. The molecule has 30 heavy (non-hydrogen) atoms. The van der Waals surface area contributed by atoms with Crippen molar-refractivity contribution in [3.63, 3.8) is 0 Å². The van der Waals surface area contributed by atoms with Crippen LogP contribution in [0, 0.1) is 0 Å². The van der Waals surface area contributed by atoms with Crippen LogP contribution in [-0.2, 0) is 21.2 Å². The van der Waals surface area contributed by atoms with E-state index in [1.165, 1.54) is 12.1 Å². The lowest BCUT2D eigenvalue weighted by atomic mass is 9.99. The number of sulfonamides is 1. The predicted octanol–water partition coefficient (Wildman–Crippen LogP) is 2.37. The molecule has 7 heteroatoms. The fourth-order valence-corrected chi connectivity index (χ4v) is 3.68. The maximum Gasteiger partial charge on any atom is 0.238 e. The van der Waals surface area contributed by atoms with Gasteiger partial charge in [-0.25, -0.2) is 13.6 Å². The molecule has 0 radical (unpaired) electrons. The van der Waals surface area contributed by atoms with Crippen LogP contribution in [0.3, 0.4) is 0 Å². The molecular weight excluding hydrogens is 398 g/mol. The first-order valence-corrected chi connectivity index (χ1v) is 11.2. The smallest absolute Gasteiger partial charge is 0.238 e. The average molecular weight is 424 g/mol. The lowest BCUT2D eigenvalue weighted by molar-refractivity contribution is -0.120. The van der Waals surface area contributed by atoms with Gasteiger partial charge in [0.05, 0.1) is 17.5 Å². The Morgan fingerprint density at radius 1 is 0.833 bits per heavy atom. The van der Waals surface area contributed by atoms with Crippen LogP contribution in [0.4, 0.5) is 0 Å². The van der Waals surface area contributed by atoms with Crippen LogP contribution >= 0.6 is 0 Å². The van der Waals surface area contributed by atoms with Crippen molar-refractivity contribution in [2.45, 2.75) is 17.4 Å². The number of rotatable bonds is 9. The zero-order valence-corrected chi connectivity index (χ0v) is 17.3. The highest BCUT2D eigenvalue weighted by Crippen LogP contribution is 2.21. The molecule has 0 aromatic heterocycles. The van der Waals surface area contributed by atoms with E-state index in [2.05, 4.69) is 10.6 Å². The van der Waals surface area contributed by atoms with Crippen molar-refractivity contribution in [2.75, 3.05) is 13.1 Å². The molecule has 4 N–H and O–H groups in total. The summed E-state index contributed by atoms with van der Waals surface area (Å²) in [4.78, 5) is 12.4. The van der Waals surface area contributed by atoms with Crippen molar-refractivity contribution in [2.24, 2.45) is 5.14 Å². The molecule has 0 heterocycles. The zero-order valence-electron chi connectivity index (χ0n) is 16.5. The van der Waals surface area contributed by atoms with Crippen LogP contribution in [0.1, 0.15) is 22.7 Å². The fourth-order valence-electron chi connectivity index (χ4n) is 3.17. The molecule has 6 nitrogen and oxygen atoms in total. The van der Waals surface area contributed by atoms with Gasteiger partial charge in [0, 0.05) is 6.54 Å². The van der Waals surface area contributed by atoms with E-state index in [1.807, 2.05) is 60.7 Å². The molecule has 3 rings (SSSR count). The van der Waals surface area contributed by atoms with Gasteiger partial charge in [-0.15, -0.1) is 0 Å². The number of amides is 1. The number of primary sulfonamides is 1. The first-order valence-electron chi connectivity index (χ1n) is 9.65. The summed E-state index contributed by atoms with van der Waals surface area (Å²) in [7, 11) is -3.69. The lowest BCUT2D eigenvalue weighted by Crippen LogP contribution is -2.37. The Kier molecular flexibility index (Phi) is 7.35. The van der Waals surface area contributed by atoms with Crippen LogP contribution < -0.4 is 15.8 Å². The molecule has 3 aromatic carbocycles. The van der Waals surface area contributed by atoms with Gasteiger partial charge >= 0.3 is 0 Å². The van der Waals surface area contributed by atoms with E-state index in [0.29, 0.717) is 13.0 Å². The molecular formula is C23H25N3O3S. The number of carbonyl (C=O) groups excluding carboxylic acids is 1. The summed E-state index contributed by atoms with van der Waals surface area (Å²) in [5, 5.41) is 11.3. The van der Waals surface area contributed by atoms with Crippen molar-refractivity contribution in [3.05, 3.63) is 102 Å². The quantitative estimate of drug-likeness (QED) is 0.492. The predicted molar refractivity (Wildman–Crippen MR) is 117 cm³/mol. The van der Waals surface area contributed by atoms with E-state index in [0.717, 1.165) is 16.7 Å². The third-order valence-corrected chi connectivity index (χ3v) is 5.65. The number of carbonyl (C=O) groups is 1. The number of hydrogen-bond donors (Lipinski definition) is 3. The number of nitrogens with one attached hydrogen (secondary N) is 2. The van der Waals surface area contributed by atoms with E-state index in [9.17, 15) is 13.2 Å². The summed E-state index contributed by atoms with van der Waals surface area (Å²) in [5.74, 6) is -0.104. The van der Waals surface area contributed by atoms with E-state index < -0.39 is 10.0 Å². The van der Waals surface area contributed by atoms with Gasteiger partial charge in [-0.3, -0.25) is 10.1 Å². The van der Waals surface area contributed by atoms with Crippen molar-refractivity contribution >= 4 is 15.9 Å². The molecule has 156 valence electrons. The fraction of sp³-hybridized carbons (Fsp3) is 0.174. The van der Waals surface area contributed by atoms with Crippen LogP contribution in [0.25, 0.3) is 0 Å². The average Bonchev–Trinajstić information content (AvgIpc) is 2.75. The summed E-state index contributed by atoms with van der Waals surface area (Å²) in [6.07, 6.45) is 0.595. The van der Waals surface area contributed by atoms with Gasteiger partial charge in [-0.1, -0.05) is 72.8 Å². The largest absolute Gasteiger partial charge is 0.355 e. The summed E-state index contributed by atoms with van der Waals surface area (Å²) < 4.78 is 22.6. The Labute approximate surface area is 177 Å². The second kappa shape index (κ2) is 10.2. The lowest BCUT2D eigenvalue weighted by Gasteiger charge is -2.19. The van der Waals surface area contributed by atoms with Crippen LogP contribution in [0.2, 0.25) is 0 Å². The standard InChI is InChI=1S/C23H25N3O3S/c24-30(28,29)21-13-11-18(12-14-21)15-16-25-22(27)17-26-23(19-7-3-1-4-8-19)20-9-5-2-6-10-20/h1-14,23,26H,15-17H2,(H,25,27)(H2,24,28,29). The second-order valence-electron chi connectivity index (χ2n) is 6.92. The zero-order chi connectivity index (χ0) is 21.4. The SMILES string of the molecule is NS(=O)(=O)c1ccc(CCNC(=O)CNC(c2ccccc2)c2ccccc2)cc1. The van der Waals surface area contributed by atoms with E-state index in [1.54, 1.807) is 12.1 Å². The number of benzene rings is 3. The third-order valence-electron chi connectivity index (χ3n) is 4.72. The minimum absolute atomic E-state index is 0.0763. The molecule has 0 fully saturated rings. The summed E-state index contributed by atoms with van der Waals surface area (Å²) in [6, 6.07) is 26.3. The molecule has 0 spiro atoms. The first-order chi connectivity index (χ1) is 14.4. The summed E-state index contributed by atoms with van der Waals surface area (Å²) >= 11 is 0. The molecule has 0 aliphatic rings. The summed E-state index contributed by atoms with van der Waals surface area (Å²) in [6.45, 7) is 0.634. The van der Waals surface area contributed by atoms with Crippen molar-refractivity contribution in [1.82, 2.24) is 10.6 Å². The van der Waals surface area contributed by atoms with Crippen molar-refractivity contribution in [3.8, 4) is 0 Å². The Bertz CT molecular complexity index is 1010. The second-order valence-corrected chi connectivity index (χ2v) is 8.49. The first kappa shape index (κ1) is 21.7.